The van der Waals surface area contributed by atoms with Gasteiger partial charge in [0.2, 0.25) is 0 Å². The lowest BCUT2D eigenvalue weighted by Crippen LogP contribution is -2.05. The molecule has 0 fully saturated rings. The lowest BCUT2D eigenvalue weighted by Gasteiger charge is -2.02. The van der Waals surface area contributed by atoms with Gasteiger partial charge in [-0.1, -0.05) is 12.1 Å². The summed E-state index contributed by atoms with van der Waals surface area (Å²) in [6.45, 7) is 0.430. The third kappa shape index (κ3) is 3.43. The van der Waals surface area contributed by atoms with Crippen LogP contribution < -0.4 is 9.92 Å². The molecular formula is C8H11NO3S. The molecule has 0 atom stereocenters. The molecule has 1 aromatic carbocycles. The Bertz CT molecular complexity index is 369. The third-order valence-corrected chi connectivity index (χ3v) is 1.90. The Labute approximate surface area is 77.4 Å². The van der Waals surface area contributed by atoms with Gasteiger partial charge in [0, 0.05) is 6.54 Å². The Balaban J connectivity index is 2.81. The van der Waals surface area contributed by atoms with E-state index in [1.54, 1.807) is 24.3 Å². The highest BCUT2D eigenvalue weighted by atomic mass is 32.2. The monoisotopic (exact) mass is 201 g/mol. The first-order valence-electron chi connectivity index (χ1n) is 3.70. The zero-order valence-corrected chi connectivity index (χ0v) is 8.04. The van der Waals surface area contributed by atoms with Gasteiger partial charge in [0.25, 0.3) is 0 Å². The van der Waals surface area contributed by atoms with Crippen LogP contribution in [0.2, 0.25) is 0 Å². The van der Waals surface area contributed by atoms with Crippen LogP contribution in [0.25, 0.3) is 0 Å². The molecule has 0 saturated heterocycles. The molecule has 4 nitrogen and oxygen atoms in total. The molecule has 2 N–H and O–H groups in total. The average molecular weight is 201 g/mol. The number of nitrogens with two attached hydrogens (primary N) is 1. The maximum atomic E-state index is 10.7. The number of benzene rings is 1. The summed E-state index contributed by atoms with van der Waals surface area (Å²) in [5.74, 6) is 0.305. The Morgan fingerprint density at radius 3 is 2.23 bits per heavy atom. The minimum absolute atomic E-state index is 0.305. The van der Waals surface area contributed by atoms with Gasteiger partial charge in [-0.2, -0.15) is 8.42 Å². The van der Waals surface area contributed by atoms with Gasteiger partial charge < -0.3 is 9.92 Å². The fourth-order valence-electron chi connectivity index (χ4n) is 0.856. The molecule has 0 aromatic heterocycles. The number of hydrogen-bond acceptors (Lipinski definition) is 4. The third-order valence-electron chi connectivity index (χ3n) is 1.41. The highest BCUT2D eigenvalue weighted by Gasteiger charge is 2.02. The van der Waals surface area contributed by atoms with Crippen LogP contribution >= 0.6 is 0 Å². The van der Waals surface area contributed by atoms with Gasteiger partial charge in [-0.15, -0.1) is 0 Å². The standard InChI is InChI=1S/C8H11NO3S/c1-13(10,11)12-8-4-2-7(6-9)3-5-8/h2-5H,6,9H2,1H3. The molecule has 0 aliphatic rings. The zero-order valence-electron chi connectivity index (χ0n) is 7.23. The lowest BCUT2D eigenvalue weighted by molar-refractivity contribution is 0.493. The van der Waals surface area contributed by atoms with Crippen molar-refractivity contribution in [2.75, 3.05) is 6.26 Å². The molecule has 5 heteroatoms. The quantitative estimate of drug-likeness (QED) is 0.722. The van der Waals surface area contributed by atoms with Crippen molar-refractivity contribution in [1.29, 1.82) is 0 Å². The maximum absolute atomic E-state index is 10.7. The summed E-state index contributed by atoms with van der Waals surface area (Å²) < 4.78 is 26.0. The van der Waals surface area contributed by atoms with Crippen molar-refractivity contribution < 1.29 is 12.6 Å². The van der Waals surface area contributed by atoms with Gasteiger partial charge in [-0.05, 0) is 17.7 Å². The van der Waals surface area contributed by atoms with E-state index in [-0.39, 0.29) is 0 Å². The van der Waals surface area contributed by atoms with E-state index in [9.17, 15) is 8.42 Å². The average Bonchev–Trinajstić information content (AvgIpc) is 2.03. The van der Waals surface area contributed by atoms with Gasteiger partial charge in [-0.25, -0.2) is 0 Å². The molecule has 0 radical (unpaired) electrons. The van der Waals surface area contributed by atoms with E-state index in [1.165, 1.54) is 0 Å². The minimum atomic E-state index is -3.43. The highest BCUT2D eigenvalue weighted by Crippen LogP contribution is 2.13. The van der Waals surface area contributed by atoms with Crippen molar-refractivity contribution in [2.24, 2.45) is 5.73 Å². The summed E-state index contributed by atoms with van der Waals surface area (Å²) >= 11 is 0. The van der Waals surface area contributed by atoms with Gasteiger partial charge in [-0.3, -0.25) is 0 Å². The van der Waals surface area contributed by atoms with Crippen LogP contribution in [0.15, 0.2) is 24.3 Å². The fourth-order valence-corrected chi connectivity index (χ4v) is 1.32. The largest absolute Gasteiger partial charge is 0.383 e. The topological polar surface area (TPSA) is 69.4 Å². The fraction of sp³-hybridized carbons (Fsp3) is 0.250. The van der Waals surface area contributed by atoms with Crippen LogP contribution in [0.1, 0.15) is 5.56 Å². The Kier molecular flexibility index (Phi) is 2.90. The minimum Gasteiger partial charge on any atom is -0.383 e. The smallest absolute Gasteiger partial charge is 0.306 e. The molecular weight excluding hydrogens is 190 g/mol. The summed E-state index contributed by atoms with van der Waals surface area (Å²) in [5.41, 5.74) is 6.30. The second-order valence-corrected chi connectivity index (χ2v) is 4.21. The molecule has 0 unspecified atom stereocenters. The van der Waals surface area contributed by atoms with E-state index in [2.05, 4.69) is 4.18 Å². The van der Waals surface area contributed by atoms with E-state index in [4.69, 9.17) is 5.73 Å². The van der Waals surface area contributed by atoms with Crippen molar-refractivity contribution >= 4 is 10.1 Å². The molecule has 1 aromatic rings. The Morgan fingerprint density at radius 2 is 1.85 bits per heavy atom. The van der Waals surface area contributed by atoms with E-state index >= 15 is 0 Å². The predicted octanol–water partition coefficient (Wildman–Crippen LogP) is 0.484. The zero-order chi connectivity index (χ0) is 9.90. The van der Waals surface area contributed by atoms with E-state index in [1.807, 2.05) is 0 Å². The highest BCUT2D eigenvalue weighted by molar-refractivity contribution is 7.86. The van der Waals surface area contributed by atoms with Crippen LogP contribution in [-0.2, 0) is 16.7 Å². The van der Waals surface area contributed by atoms with Crippen LogP contribution in [0.3, 0.4) is 0 Å². The molecule has 1 rings (SSSR count). The Hall–Kier alpha value is -1.07. The summed E-state index contributed by atoms with van der Waals surface area (Å²) in [4.78, 5) is 0. The van der Waals surface area contributed by atoms with Crippen LogP contribution in [0.5, 0.6) is 5.75 Å². The summed E-state index contributed by atoms with van der Waals surface area (Å²) in [6.07, 6.45) is 1.00. The summed E-state index contributed by atoms with van der Waals surface area (Å²) in [5, 5.41) is 0. The van der Waals surface area contributed by atoms with Gasteiger partial charge >= 0.3 is 10.1 Å². The van der Waals surface area contributed by atoms with Crippen molar-refractivity contribution in [3.8, 4) is 5.75 Å². The second kappa shape index (κ2) is 3.76. The van der Waals surface area contributed by atoms with Gasteiger partial charge in [0.15, 0.2) is 0 Å². The number of hydrogen-bond donors (Lipinski definition) is 1. The number of rotatable bonds is 3. The molecule has 0 spiro atoms. The Morgan fingerprint density at radius 1 is 1.31 bits per heavy atom. The van der Waals surface area contributed by atoms with Crippen LogP contribution in [0.4, 0.5) is 0 Å². The lowest BCUT2D eigenvalue weighted by atomic mass is 10.2. The summed E-state index contributed by atoms with van der Waals surface area (Å²) in [6, 6.07) is 6.59. The molecule has 0 bridgehead atoms. The molecule has 13 heavy (non-hydrogen) atoms. The van der Waals surface area contributed by atoms with Gasteiger partial charge in [0.1, 0.15) is 5.75 Å². The van der Waals surface area contributed by atoms with Crippen molar-refractivity contribution in [3.05, 3.63) is 29.8 Å². The van der Waals surface area contributed by atoms with Crippen LogP contribution in [-0.4, -0.2) is 14.7 Å². The molecule has 72 valence electrons. The van der Waals surface area contributed by atoms with Crippen molar-refractivity contribution in [3.63, 3.8) is 0 Å². The van der Waals surface area contributed by atoms with Crippen LogP contribution in [0, 0.1) is 0 Å². The first-order chi connectivity index (χ1) is 6.01. The predicted molar refractivity (Wildman–Crippen MR) is 49.8 cm³/mol. The molecule has 0 aliphatic heterocycles. The van der Waals surface area contributed by atoms with E-state index in [0.717, 1.165) is 11.8 Å². The van der Waals surface area contributed by atoms with Crippen molar-refractivity contribution in [1.82, 2.24) is 0 Å². The molecule has 0 aliphatic carbocycles. The second-order valence-electron chi connectivity index (χ2n) is 2.64. The first-order valence-corrected chi connectivity index (χ1v) is 5.51. The summed E-state index contributed by atoms with van der Waals surface area (Å²) in [7, 11) is -3.43. The first kappa shape index (κ1) is 10.0. The van der Waals surface area contributed by atoms with Crippen molar-refractivity contribution in [2.45, 2.75) is 6.54 Å². The van der Waals surface area contributed by atoms with E-state index in [0.29, 0.717) is 12.3 Å². The van der Waals surface area contributed by atoms with Gasteiger partial charge in [0.05, 0.1) is 6.26 Å². The SMILES string of the molecule is CS(=O)(=O)Oc1ccc(CN)cc1. The normalized spacial score (nSPS) is 11.2. The molecule has 0 amide bonds. The molecule has 0 heterocycles. The molecule has 0 saturated carbocycles. The maximum Gasteiger partial charge on any atom is 0.306 e. The van der Waals surface area contributed by atoms with E-state index < -0.39 is 10.1 Å².